The van der Waals surface area contributed by atoms with Gasteiger partial charge in [0.1, 0.15) is 0 Å². The zero-order valence-corrected chi connectivity index (χ0v) is 14.3. The summed E-state index contributed by atoms with van der Waals surface area (Å²) < 4.78 is 27.3. The quantitative estimate of drug-likeness (QED) is 0.815. The van der Waals surface area contributed by atoms with Crippen LogP contribution in [0.1, 0.15) is 26.2 Å². The first-order valence-electron chi connectivity index (χ1n) is 8.30. The molecule has 0 atom stereocenters. The van der Waals surface area contributed by atoms with Crippen LogP contribution in [0.3, 0.4) is 0 Å². The Morgan fingerprint density at radius 1 is 1.17 bits per heavy atom. The zero-order valence-electron chi connectivity index (χ0n) is 13.5. The lowest BCUT2D eigenvalue weighted by Crippen LogP contribution is -2.45. The summed E-state index contributed by atoms with van der Waals surface area (Å²) in [4.78, 5) is 6.68. The van der Waals surface area contributed by atoms with Crippen molar-refractivity contribution in [3.63, 3.8) is 0 Å². The van der Waals surface area contributed by atoms with E-state index in [4.69, 9.17) is 0 Å². The number of aromatic nitrogens is 2. The van der Waals surface area contributed by atoms with Gasteiger partial charge in [-0.1, -0.05) is 31.9 Å². The first-order valence-corrected chi connectivity index (χ1v) is 9.91. The molecule has 0 aliphatic carbocycles. The first-order chi connectivity index (χ1) is 11.1. The van der Waals surface area contributed by atoms with E-state index in [1.54, 1.807) is 0 Å². The number of nitrogens with one attached hydrogen (secondary N) is 1. The maximum atomic E-state index is 12.9. The summed E-state index contributed by atoms with van der Waals surface area (Å²) in [5.41, 5.74) is 1.41. The van der Waals surface area contributed by atoms with Gasteiger partial charge in [-0.3, -0.25) is 0 Å². The Kier molecular flexibility index (Phi) is 4.87. The van der Waals surface area contributed by atoms with E-state index < -0.39 is 10.0 Å². The van der Waals surface area contributed by atoms with Crippen LogP contribution in [0.25, 0.3) is 11.0 Å². The number of unbranched alkanes of at least 4 members (excludes halogenated alkanes) is 2. The zero-order chi connectivity index (χ0) is 16.3. The fourth-order valence-electron chi connectivity index (χ4n) is 2.96. The SMILES string of the molecule is CCCCCS(=O)(=O)n1c(N2CCNCC2)nc2ccccc21. The van der Waals surface area contributed by atoms with Crippen molar-refractivity contribution >= 4 is 27.0 Å². The highest BCUT2D eigenvalue weighted by molar-refractivity contribution is 7.90. The van der Waals surface area contributed by atoms with Gasteiger partial charge in [-0.05, 0) is 18.6 Å². The van der Waals surface area contributed by atoms with Crippen LogP contribution in [-0.2, 0) is 10.0 Å². The molecule has 7 heteroatoms. The Labute approximate surface area is 137 Å². The maximum absolute atomic E-state index is 12.9. The van der Waals surface area contributed by atoms with E-state index in [9.17, 15) is 8.42 Å². The third-order valence-corrected chi connectivity index (χ3v) is 5.91. The van der Waals surface area contributed by atoms with Crippen molar-refractivity contribution in [1.82, 2.24) is 14.3 Å². The van der Waals surface area contributed by atoms with Gasteiger partial charge in [0.2, 0.25) is 16.0 Å². The van der Waals surface area contributed by atoms with Crippen LogP contribution >= 0.6 is 0 Å². The molecule has 0 bridgehead atoms. The molecular weight excluding hydrogens is 312 g/mol. The van der Waals surface area contributed by atoms with Gasteiger partial charge in [0.15, 0.2) is 0 Å². The lowest BCUT2D eigenvalue weighted by molar-refractivity contribution is 0.567. The van der Waals surface area contributed by atoms with Gasteiger partial charge >= 0.3 is 0 Å². The van der Waals surface area contributed by atoms with Crippen molar-refractivity contribution in [1.29, 1.82) is 0 Å². The molecule has 0 amide bonds. The molecule has 0 unspecified atom stereocenters. The second-order valence-electron chi connectivity index (χ2n) is 5.93. The average molecular weight is 336 g/mol. The number of fused-ring (bicyclic) bond motifs is 1. The highest BCUT2D eigenvalue weighted by Gasteiger charge is 2.26. The van der Waals surface area contributed by atoms with Crippen molar-refractivity contribution in [2.45, 2.75) is 26.2 Å². The topological polar surface area (TPSA) is 67.2 Å². The fourth-order valence-corrected chi connectivity index (χ4v) is 4.57. The van der Waals surface area contributed by atoms with Gasteiger partial charge in [-0.2, -0.15) is 0 Å². The number of nitrogens with zero attached hydrogens (tertiary/aromatic N) is 3. The van der Waals surface area contributed by atoms with Crippen LogP contribution in [-0.4, -0.2) is 49.3 Å². The van der Waals surface area contributed by atoms with Crippen molar-refractivity contribution in [3.8, 4) is 0 Å². The van der Waals surface area contributed by atoms with E-state index in [-0.39, 0.29) is 5.75 Å². The predicted molar refractivity (Wildman–Crippen MR) is 93.5 cm³/mol. The Bertz CT molecular complexity index is 763. The Hall–Kier alpha value is -1.60. The van der Waals surface area contributed by atoms with E-state index in [2.05, 4.69) is 22.1 Å². The predicted octanol–water partition coefficient (Wildman–Crippen LogP) is 1.81. The highest BCUT2D eigenvalue weighted by Crippen LogP contribution is 2.25. The van der Waals surface area contributed by atoms with Crippen LogP contribution < -0.4 is 10.2 Å². The van der Waals surface area contributed by atoms with Crippen molar-refractivity contribution in [3.05, 3.63) is 24.3 Å². The summed E-state index contributed by atoms with van der Waals surface area (Å²) in [6.07, 6.45) is 2.62. The molecule has 2 aromatic rings. The maximum Gasteiger partial charge on any atom is 0.241 e. The summed E-state index contributed by atoms with van der Waals surface area (Å²) in [5.74, 6) is 0.726. The van der Waals surface area contributed by atoms with Gasteiger partial charge in [0.05, 0.1) is 16.8 Å². The number of imidazole rings is 1. The smallest absolute Gasteiger partial charge is 0.241 e. The van der Waals surface area contributed by atoms with E-state index in [0.29, 0.717) is 17.9 Å². The Morgan fingerprint density at radius 2 is 1.91 bits per heavy atom. The number of hydrogen-bond donors (Lipinski definition) is 1. The molecule has 0 saturated carbocycles. The average Bonchev–Trinajstić information content (AvgIpc) is 2.96. The molecule has 126 valence electrons. The van der Waals surface area contributed by atoms with Crippen molar-refractivity contribution in [2.75, 3.05) is 36.8 Å². The minimum absolute atomic E-state index is 0.167. The van der Waals surface area contributed by atoms with Gasteiger partial charge in [0, 0.05) is 26.2 Å². The van der Waals surface area contributed by atoms with Crippen LogP contribution in [0.15, 0.2) is 24.3 Å². The van der Waals surface area contributed by atoms with Gasteiger partial charge in [0.25, 0.3) is 0 Å². The molecule has 1 aromatic carbocycles. The molecule has 1 aliphatic heterocycles. The minimum Gasteiger partial charge on any atom is -0.339 e. The molecule has 1 aromatic heterocycles. The number of anilines is 1. The number of piperazine rings is 1. The van der Waals surface area contributed by atoms with E-state index in [1.807, 2.05) is 24.3 Å². The Morgan fingerprint density at radius 3 is 2.65 bits per heavy atom. The lowest BCUT2D eigenvalue weighted by atomic mass is 10.3. The first kappa shape index (κ1) is 16.3. The minimum atomic E-state index is -3.40. The molecule has 1 saturated heterocycles. The van der Waals surface area contributed by atoms with Crippen LogP contribution in [0.4, 0.5) is 5.95 Å². The van der Waals surface area contributed by atoms with E-state index >= 15 is 0 Å². The number of benzene rings is 1. The molecule has 23 heavy (non-hydrogen) atoms. The molecule has 1 N–H and O–H groups in total. The summed E-state index contributed by atoms with van der Waals surface area (Å²) in [6, 6.07) is 7.47. The number of hydrogen-bond acceptors (Lipinski definition) is 5. The van der Waals surface area contributed by atoms with E-state index in [0.717, 1.165) is 44.5 Å². The second kappa shape index (κ2) is 6.88. The van der Waals surface area contributed by atoms with Gasteiger partial charge < -0.3 is 10.2 Å². The molecule has 1 fully saturated rings. The molecule has 3 rings (SSSR count). The van der Waals surface area contributed by atoms with Gasteiger partial charge in [-0.25, -0.2) is 17.4 Å². The number of rotatable bonds is 6. The molecule has 1 aliphatic rings. The van der Waals surface area contributed by atoms with Crippen molar-refractivity contribution in [2.24, 2.45) is 0 Å². The fraction of sp³-hybridized carbons (Fsp3) is 0.562. The third-order valence-electron chi connectivity index (χ3n) is 4.19. The molecular formula is C16H24N4O2S. The second-order valence-corrected chi connectivity index (χ2v) is 7.86. The summed E-state index contributed by atoms with van der Waals surface area (Å²) in [5, 5.41) is 3.29. The third kappa shape index (κ3) is 3.35. The summed E-state index contributed by atoms with van der Waals surface area (Å²) in [6.45, 7) is 5.31. The number of para-hydroxylation sites is 2. The van der Waals surface area contributed by atoms with Crippen LogP contribution in [0.5, 0.6) is 0 Å². The lowest BCUT2D eigenvalue weighted by Gasteiger charge is -2.28. The van der Waals surface area contributed by atoms with Crippen molar-refractivity contribution < 1.29 is 8.42 Å². The molecule has 2 heterocycles. The molecule has 0 radical (unpaired) electrons. The highest BCUT2D eigenvalue weighted by atomic mass is 32.2. The Balaban J connectivity index is 2.05. The monoisotopic (exact) mass is 336 g/mol. The summed E-state index contributed by atoms with van der Waals surface area (Å²) >= 11 is 0. The van der Waals surface area contributed by atoms with E-state index in [1.165, 1.54) is 3.97 Å². The largest absolute Gasteiger partial charge is 0.339 e. The van der Waals surface area contributed by atoms with Crippen LogP contribution in [0, 0.1) is 0 Å². The molecule has 6 nitrogen and oxygen atoms in total. The van der Waals surface area contributed by atoms with Crippen LogP contribution in [0.2, 0.25) is 0 Å². The standard InChI is InChI=1S/C16H24N4O2S/c1-2-3-6-13-23(21,22)20-15-8-5-4-7-14(15)18-16(20)19-11-9-17-10-12-19/h4-5,7-8,17H,2-3,6,9-13H2,1H3. The normalized spacial score (nSPS) is 16.1. The summed E-state index contributed by atoms with van der Waals surface area (Å²) in [7, 11) is -3.40. The van der Waals surface area contributed by atoms with Gasteiger partial charge in [-0.15, -0.1) is 0 Å². The molecule has 0 spiro atoms.